The summed E-state index contributed by atoms with van der Waals surface area (Å²) in [6, 6.07) is 6.84. The Morgan fingerprint density at radius 2 is 2.00 bits per heavy atom. The van der Waals surface area contributed by atoms with Gasteiger partial charge in [-0.3, -0.25) is 9.59 Å². The SMILES string of the molecule is CC1(C(=O)NCCNC(=O)c2ccccc2Cl)CCCO1. The predicted octanol–water partition coefficient (Wildman–Crippen LogP) is 1.76. The van der Waals surface area contributed by atoms with Crippen LogP contribution >= 0.6 is 11.6 Å². The van der Waals surface area contributed by atoms with Crippen LogP contribution in [0.15, 0.2) is 24.3 Å². The van der Waals surface area contributed by atoms with Crippen LogP contribution in [0.1, 0.15) is 30.1 Å². The molecule has 1 atom stereocenters. The molecular formula is C15H19ClN2O3. The Kier molecular flexibility index (Phi) is 5.20. The van der Waals surface area contributed by atoms with E-state index in [0.29, 0.717) is 30.3 Å². The van der Waals surface area contributed by atoms with Gasteiger partial charge in [0.15, 0.2) is 0 Å². The van der Waals surface area contributed by atoms with Crippen molar-refractivity contribution in [2.24, 2.45) is 0 Å². The van der Waals surface area contributed by atoms with Crippen molar-refractivity contribution in [3.63, 3.8) is 0 Å². The fourth-order valence-corrected chi connectivity index (χ4v) is 2.46. The van der Waals surface area contributed by atoms with Gasteiger partial charge in [0.1, 0.15) is 5.60 Å². The lowest BCUT2D eigenvalue weighted by atomic mass is 10.0. The van der Waals surface area contributed by atoms with Crippen molar-refractivity contribution in [1.82, 2.24) is 10.6 Å². The normalized spacial score (nSPS) is 21.0. The van der Waals surface area contributed by atoms with Crippen LogP contribution in [0.4, 0.5) is 0 Å². The van der Waals surface area contributed by atoms with Crippen molar-refractivity contribution in [2.75, 3.05) is 19.7 Å². The molecule has 1 aromatic carbocycles. The number of benzene rings is 1. The van der Waals surface area contributed by atoms with Crippen molar-refractivity contribution in [1.29, 1.82) is 0 Å². The molecule has 21 heavy (non-hydrogen) atoms. The molecule has 114 valence electrons. The van der Waals surface area contributed by atoms with Crippen LogP contribution in [0.3, 0.4) is 0 Å². The molecule has 2 amide bonds. The minimum Gasteiger partial charge on any atom is -0.365 e. The van der Waals surface area contributed by atoms with Crippen LogP contribution in [0.2, 0.25) is 5.02 Å². The van der Waals surface area contributed by atoms with E-state index < -0.39 is 5.60 Å². The topological polar surface area (TPSA) is 67.4 Å². The third-order valence-corrected chi connectivity index (χ3v) is 3.84. The molecule has 0 aromatic heterocycles. The molecule has 0 spiro atoms. The Bertz CT molecular complexity index is 527. The summed E-state index contributed by atoms with van der Waals surface area (Å²) in [4.78, 5) is 23.9. The molecule has 0 bridgehead atoms. The largest absolute Gasteiger partial charge is 0.365 e. The first-order valence-electron chi connectivity index (χ1n) is 6.98. The number of hydrogen-bond donors (Lipinski definition) is 2. The second-order valence-corrected chi connectivity index (χ2v) is 5.58. The Balaban J connectivity index is 1.74. The lowest BCUT2D eigenvalue weighted by Crippen LogP contribution is -2.46. The number of carbonyl (C=O) groups excluding carboxylic acids is 2. The predicted molar refractivity (Wildman–Crippen MR) is 80.4 cm³/mol. The summed E-state index contributed by atoms with van der Waals surface area (Å²) in [5, 5.41) is 5.90. The molecule has 2 N–H and O–H groups in total. The second-order valence-electron chi connectivity index (χ2n) is 5.17. The summed E-state index contributed by atoms with van der Waals surface area (Å²) < 4.78 is 5.45. The van der Waals surface area contributed by atoms with Crippen LogP contribution < -0.4 is 10.6 Å². The highest BCUT2D eigenvalue weighted by molar-refractivity contribution is 6.33. The number of nitrogens with one attached hydrogen (secondary N) is 2. The van der Waals surface area contributed by atoms with Gasteiger partial charge in [0.25, 0.3) is 11.8 Å². The zero-order valence-corrected chi connectivity index (χ0v) is 12.7. The van der Waals surface area contributed by atoms with E-state index in [2.05, 4.69) is 10.6 Å². The van der Waals surface area contributed by atoms with Crippen molar-refractivity contribution < 1.29 is 14.3 Å². The Hall–Kier alpha value is -1.59. The van der Waals surface area contributed by atoms with E-state index in [0.717, 1.165) is 12.8 Å². The maximum atomic E-state index is 12.0. The molecule has 1 aliphatic heterocycles. The highest BCUT2D eigenvalue weighted by Crippen LogP contribution is 2.24. The first-order valence-corrected chi connectivity index (χ1v) is 7.36. The van der Waals surface area contributed by atoms with Crippen LogP contribution in [-0.4, -0.2) is 37.1 Å². The van der Waals surface area contributed by atoms with Crippen LogP contribution in [0, 0.1) is 0 Å². The maximum absolute atomic E-state index is 12.0. The standard InChI is InChI=1S/C15H19ClN2O3/c1-15(7-4-10-21-15)14(20)18-9-8-17-13(19)11-5-2-3-6-12(11)16/h2-3,5-6H,4,7-10H2,1H3,(H,17,19)(H,18,20). The average Bonchev–Trinajstić information content (AvgIpc) is 2.92. The highest BCUT2D eigenvalue weighted by Gasteiger charge is 2.37. The van der Waals surface area contributed by atoms with E-state index in [-0.39, 0.29) is 11.8 Å². The van der Waals surface area contributed by atoms with Gasteiger partial charge in [0, 0.05) is 19.7 Å². The third-order valence-electron chi connectivity index (χ3n) is 3.51. The quantitative estimate of drug-likeness (QED) is 0.814. The molecule has 0 radical (unpaired) electrons. The van der Waals surface area contributed by atoms with E-state index in [4.69, 9.17) is 16.3 Å². The van der Waals surface area contributed by atoms with Gasteiger partial charge in [-0.25, -0.2) is 0 Å². The fraction of sp³-hybridized carbons (Fsp3) is 0.467. The third kappa shape index (κ3) is 3.95. The van der Waals surface area contributed by atoms with Gasteiger partial charge in [0.2, 0.25) is 0 Å². The minimum atomic E-state index is -0.729. The minimum absolute atomic E-state index is 0.132. The molecule has 1 fully saturated rings. The average molecular weight is 311 g/mol. The van der Waals surface area contributed by atoms with E-state index in [1.54, 1.807) is 31.2 Å². The molecule has 1 saturated heterocycles. The summed E-state index contributed by atoms with van der Waals surface area (Å²) in [6.45, 7) is 3.10. The van der Waals surface area contributed by atoms with Gasteiger partial charge in [-0.2, -0.15) is 0 Å². The Morgan fingerprint density at radius 1 is 1.29 bits per heavy atom. The molecule has 5 nitrogen and oxygen atoms in total. The number of rotatable bonds is 5. The lowest BCUT2D eigenvalue weighted by molar-refractivity contribution is -0.139. The zero-order valence-electron chi connectivity index (χ0n) is 11.9. The molecular weight excluding hydrogens is 292 g/mol. The van der Waals surface area contributed by atoms with E-state index >= 15 is 0 Å². The number of halogens is 1. The lowest BCUT2D eigenvalue weighted by Gasteiger charge is -2.21. The fourth-order valence-electron chi connectivity index (χ4n) is 2.24. The van der Waals surface area contributed by atoms with Crippen molar-refractivity contribution >= 4 is 23.4 Å². The summed E-state index contributed by atoms with van der Waals surface area (Å²) in [5.41, 5.74) is -0.302. The van der Waals surface area contributed by atoms with E-state index in [9.17, 15) is 9.59 Å². The van der Waals surface area contributed by atoms with Gasteiger partial charge in [-0.05, 0) is 31.9 Å². The van der Waals surface area contributed by atoms with Gasteiger partial charge < -0.3 is 15.4 Å². The smallest absolute Gasteiger partial charge is 0.252 e. The Labute approximate surface area is 129 Å². The summed E-state index contributed by atoms with van der Waals surface area (Å²) in [6.07, 6.45) is 1.62. The summed E-state index contributed by atoms with van der Waals surface area (Å²) in [5.74, 6) is -0.384. The van der Waals surface area contributed by atoms with Crippen molar-refractivity contribution in [2.45, 2.75) is 25.4 Å². The van der Waals surface area contributed by atoms with Gasteiger partial charge in [0.05, 0.1) is 10.6 Å². The first-order chi connectivity index (χ1) is 10.0. The number of ether oxygens (including phenoxy) is 1. The first kappa shape index (κ1) is 15.8. The number of carbonyl (C=O) groups is 2. The van der Waals surface area contributed by atoms with Crippen molar-refractivity contribution in [3.8, 4) is 0 Å². The Morgan fingerprint density at radius 3 is 2.67 bits per heavy atom. The van der Waals surface area contributed by atoms with E-state index in [1.807, 2.05) is 0 Å². The molecule has 0 aliphatic carbocycles. The molecule has 2 rings (SSSR count). The molecule has 1 heterocycles. The molecule has 1 aromatic rings. The summed E-state index contributed by atoms with van der Waals surface area (Å²) >= 11 is 5.94. The highest BCUT2D eigenvalue weighted by atomic mass is 35.5. The number of hydrogen-bond acceptors (Lipinski definition) is 3. The maximum Gasteiger partial charge on any atom is 0.252 e. The van der Waals surface area contributed by atoms with Gasteiger partial charge >= 0.3 is 0 Å². The molecule has 0 saturated carbocycles. The second kappa shape index (κ2) is 6.91. The molecule has 1 aliphatic rings. The van der Waals surface area contributed by atoms with Gasteiger partial charge in [-0.15, -0.1) is 0 Å². The van der Waals surface area contributed by atoms with Crippen LogP contribution in [0.25, 0.3) is 0 Å². The van der Waals surface area contributed by atoms with E-state index in [1.165, 1.54) is 0 Å². The summed E-state index contributed by atoms with van der Waals surface area (Å²) in [7, 11) is 0. The zero-order chi connectivity index (χ0) is 15.3. The van der Waals surface area contributed by atoms with Crippen LogP contribution in [-0.2, 0) is 9.53 Å². The molecule has 6 heteroatoms. The monoisotopic (exact) mass is 310 g/mol. The van der Waals surface area contributed by atoms with Gasteiger partial charge in [-0.1, -0.05) is 23.7 Å². The molecule has 1 unspecified atom stereocenters. The number of amides is 2. The van der Waals surface area contributed by atoms with Crippen LogP contribution in [0.5, 0.6) is 0 Å². The van der Waals surface area contributed by atoms with Crippen molar-refractivity contribution in [3.05, 3.63) is 34.9 Å².